The van der Waals surface area contributed by atoms with Gasteiger partial charge in [-0.25, -0.2) is 4.79 Å². The number of esters is 1. The highest BCUT2D eigenvalue weighted by Gasteiger charge is 2.28. The molecule has 1 aromatic carbocycles. The second-order valence-corrected chi connectivity index (χ2v) is 7.53. The number of carbonyl (C=O) groups excluding carboxylic acids is 2. The Morgan fingerprint density at radius 2 is 1.92 bits per heavy atom. The Hall–Kier alpha value is -2.08. The SMILES string of the molecule is Cc1cc(C(=O)OCC(=O)N2C[C@@H](C)O[C@@H](C)C2)c2c(c1)[C@@H](C)CCN2. The van der Waals surface area contributed by atoms with Crippen LogP contribution in [0.3, 0.4) is 0 Å². The Bertz CT molecular complexity index is 693. The van der Waals surface area contributed by atoms with Crippen LogP contribution in [0.5, 0.6) is 0 Å². The van der Waals surface area contributed by atoms with Crippen LogP contribution in [0, 0.1) is 6.92 Å². The van der Waals surface area contributed by atoms with E-state index in [9.17, 15) is 9.59 Å². The smallest absolute Gasteiger partial charge is 0.340 e. The Labute approximate surface area is 154 Å². The molecule has 0 saturated carbocycles. The summed E-state index contributed by atoms with van der Waals surface area (Å²) in [5, 5.41) is 3.32. The monoisotopic (exact) mass is 360 g/mol. The molecule has 2 heterocycles. The zero-order valence-corrected chi connectivity index (χ0v) is 16.0. The van der Waals surface area contributed by atoms with Crippen molar-refractivity contribution < 1.29 is 19.1 Å². The van der Waals surface area contributed by atoms with Gasteiger partial charge < -0.3 is 19.7 Å². The molecule has 0 aliphatic carbocycles. The van der Waals surface area contributed by atoms with Gasteiger partial charge in [0.2, 0.25) is 0 Å². The molecule has 26 heavy (non-hydrogen) atoms. The second kappa shape index (κ2) is 7.66. The number of morpholine rings is 1. The highest BCUT2D eigenvalue weighted by Crippen LogP contribution is 2.35. The van der Waals surface area contributed by atoms with Crippen molar-refractivity contribution in [2.45, 2.75) is 52.2 Å². The maximum Gasteiger partial charge on any atom is 0.340 e. The average Bonchev–Trinajstić information content (AvgIpc) is 2.58. The summed E-state index contributed by atoms with van der Waals surface area (Å²) in [5.74, 6) is -0.229. The summed E-state index contributed by atoms with van der Waals surface area (Å²) in [4.78, 5) is 26.8. The zero-order valence-electron chi connectivity index (χ0n) is 16.0. The number of hydrogen-bond acceptors (Lipinski definition) is 5. The molecule has 0 spiro atoms. The lowest BCUT2D eigenvalue weighted by molar-refractivity contribution is -0.146. The van der Waals surface area contributed by atoms with Gasteiger partial charge in [0, 0.05) is 19.6 Å². The molecule has 1 saturated heterocycles. The van der Waals surface area contributed by atoms with E-state index >= 15 is 0 Å². The van der Waals surface area contributed by atoms with E-state index < -0.39 is 5.97 Å². The average molecular weight is 360 g/mol. The highest BCUT2D eigenvalue weighted by atomic mass is 16.5. The molecule has 1 aromatic rings. The van der Waals surface area contributed by atoms with Crippen molar-refractivity contribution in [3.63, 3.8) is 0 Å². The van der Waals surface area contributed by atoms with Gasteiger partial charge >= 0.3 is 5.97 Å². The van der Waals surface area contributed by atoms with Crippen LogP contribution in [0.1, 0.15) is 54.6 Å². The molecule has 142 valence electrons. The third-order valence-corrected chi connectivity index (χ3v) is 5.04. The summed E-state index contributed by atoms with van der Waals surface area (Å²) in [6.07, 6.45) is 1.03. The minimum Gasteiger partial charge on any atom is -0.452 e. The van der Waals surface area contributed by atoms with Crippen molar-refractivity contribution in [1.29, 1.82) is 0 Å². The number of nitrogens with zero attached hydrogens (tertiary/aromatic N) is 1. The van der Waals surface area contributed by atoms with E-state index in [4.69, 9.17) is 9.47 Å². The lowest BCUT2D eigenvalue weighted by atomic mass is 9.89. The summed E-state index contributed by atoms with van der Waals surface area (Å²) >= 11 is 0. The van der Waals surface area contributed by atoms with E-state index in [0.717, 1.165) is 29.8 Å². The quantitative estimate of drug-likeness (QED) is 0.840. The van der Waals surface area contributed by atoms with Crippen LogP contribution in [0.15, 0.2) is 12.1 Å². The van der Waals surface area contributed by atoms with E-state index in [2.05, 4.69) is 18.3 Å². The van der Waals surface area contributed by atoms with E-state index in [1.54, 1.807) is 4.90 Å². The summed E-state index contributed by atoms with van der Waals surface area (Å²) in [6, 6.07) is 3.94. The molecule has 3 rings (SSSR count). The van der Waals surface area contributed by atoms with Crippen molar-refractivity contribution in [3.05, 3.63) is 28.8 Å². The summed E-state index contributed by atoms with van der Waals surface area (Å²) < 4.78 is 11.0. The molecule has 0 unspecified atom stereocenters. The van der Waals surface area contributed by atoms with E-state index in [1.807, 2.05) is 26.8 Å². The van der Waals surface area contributed by atoms with Crippen LogP contribution in [-0.4, -0.2) is 55.2 Å². The molecule has 1 fully saturated rings. The summed E-state index contributed by atoms with van der Waals surface area (Å²) in [6.45, 7) is 9.66. The summed E-state index contributed by atoms with van der Waals surface area (Å²) in [7, 11) is 0. The van der Waals surface area contributed by atoms with Crippen LogP contribution >= 0.6 is 0 Å². The van der Waals surface area contributed by atoms with Gasteiger partial charge in [0.05, 0.1) is 23.5 Å². The predicted molar refractivity (Wildman–Crippen MR) is 99.6 cm³/mol. The number of ether oxygens (including phenoxy) is 2. The minimum atomic E-state index is -0.450. The molecule has 2 aliphatic rings. The largest absolute Gasteiger partial charge is 0.452 e. The third kappa shape index (κ3) is 4.01. The Morgan fingerprint density at radius 1 is 1.23 bits per heavy atom. The van der Waals surface area contributed by atoms with Crippen LogP contribution < -0.4 is 5.32 Å². The first kappa shape index (κ1) is 18.7. The molecular formula is C20H28N2O4. The van der Waals surface area contributed by atoms with Crippen molar-refractivity contribution in [2.75, 3.05) is 31.6 Å². The molecule has 1 N–H and O–H groups in total. The number of amides is 1. The minimum absolute atomic E-state index is 0.00659. The fraction of sp³-hybridized carbons (Fsp3) is 0.600. The van der Waals surface area contributed by atoms with Gasteiger partial charge in [0.25, 0.3) is 5.91 Å². The van der Waals surface area contributed by atoms with Gasteiger partial charge in [0.1, 0.15) is 0 Å². The van der Waals surface area contributed by atoms with Crippen LogP contribution in [-0.2, 0) is 14.3 Å². The molecule has 2 aliphatic heterocycles. The fourth-order valence-electron chi connectivity index (χ4n) is 3.81. The number of nitrogens with one attached hydrogen (secondary N) is 1. The second-order valence-electron chi connectivity index (χ2n) is 7.53. The number of fused-ring (bicyclic) bond motifs is 1. The summed E-state index contributed by atoms with van der Waals surface area (Å²) in [5.41, 5.74) is 3.53. The molecule has 1 amide bonds. The van der Waals surface area contributed by atoms with Crippen LogP contribution in [0.25, 0.3) is 0 Å². The van der Waals surface area contributed by atoms with E-state index in [-0.39, 0.29) is 24.7 Å². The normalized spacial score (nSPS) is 25.2. The number of hydrogen-bond donors (Lipinski definition) is 1. The van der Waals surface area contributed by atoms with Crippen molar-refractivity contribution in [2.24, 2.45) is 0 Å². The number of carbonyl (C=O) groups is 2. The van der Waals surface area contributed by atoms with Gasteiger partial charge in [-0.3, -0.25) is 4.79 Å². The molecule has 6 heteroatoms. The van der Waals surface area contributed by atoms with Crippen LogP contribution in [0.4, 0.5) is 5.69 Å². The standard InChI is InChI=1S/C20H28N2O4/c1-12-7-16-13(2)5-6-21-19(16)17(8-12)20(24)25-11-18(23)22-9-14(3)26-15(4)10-22/h7-8,13-15,21H,5-6,9-11H2,1-4H3/t13-,14-,15+/m0/s1. The van der Waals surface area contributed by atoms with Gasteiger partial charge in [-0.2, -0.15) is 0 Å². The molecule has 6 nitrogen and oxygen atoms in total. The Balaban J connectivity index is 1.68. The van der Waals surface area contributed by atoms with Gasteiger partial charge in [0.15, 0.2) is 6.61 Å². The molecule has 3 atom stereocenters. The predicted octanol–water partition coefficient (Wildman–Crippen LogP) is 2.71. The molecule has 0 radical (unpaired) electrons. The van der Waals surface area contributed by atoms with Gasteiger partial charge in [-0.05, 0) is 50.3 Å². The molecule has 0 aromatic heterocycles. The van der Waals surface area contributed by atoms with Crippen molar-refractivity contribution in [3.8, 4) is 0 Å². The first-order valence-electron chi connectivity index (χ1n) is 9.34. The molecule has 0 bridgehead atoms. The first-order valence-corrected chi connectivity index (χ1v) is 9.34. The van der Waals surface area contributed by atoms with E-state index in [0.29, 0.717) is 24.6 Å². The van der Waals surface area contributed by atoms with Crippen molar-refractivity contribution in [1.82, 2.24) is 4.90 Å². The Morgan fingerprint density at radius 3 is 2.62 bits per heavy atom. The van der Waals surface area contributed by atoms with Gasteiger partial charge in [-0.1, -0.05) is 13.0 Å². The van der Waals surface area contributed by atoms with Gasteiger partial charge in [-0.15, -0.1) is 0 Å². The zero-order chi connectivity index (χ0) is 18.8. The maximum absolute atomic E-state index is 12.6. The highest BCUT2D eigenvalue weighted by molar-refractivity contribution is 5.98. The van der Waals surface area contributed by atoms with E-state index in [1.165, 1.54) is 0 Å². The van der Waals surface area contributed by atoms with Crippen molar-refractivity contribution >= 4 is 17.6 Å². The first-order chi connectivity index (χ1) is 12.3. The number of rotatable bonds is 3. The third-order valence-electron chi connectivity index (χ3n) is 5.04. The molecular weight excluding hydrogens is 332 g/mol. The lowest BCUT2D eigenvalue weighted by Crippen LogP contribution is -2.49. The topological polar surface area (TPSA) is 67.9 Å². The maximum atomic E-state index is 12.6. The number of anilines is 1. The lowest BCUT2D eigenvalue weighted by Gasteiger charge is -2.35. The fourth-order valence-corrected chi connectivity index (χ4v) is 3.81. The van der Waals surface area contributed by atoms with Crippen LogP contribution in [0.2, 0.25) is 0 Å². The Kier molecular flexibility index (Phi) is 5.51. The number of aryl methyl sites for hydroxylation is 1. The number of benzene rings is 1.